The predicted octanol–water partition coefficient (Wildman–Crippen LogP) is 5.22. The lowest BCUT2D eigenvalue weighted by atomic mass is 10.1. The summed E-state index contributed by atoms with van der Waals surface area (Å²) in [6, 6.07) is 8.47. The highest BCUT2D eigenvalue weighted by Gasteiger charge is 2.62. The van der Waals surface area contributed by atoms with Gasteiger partial charge in [-0.05, 0) is 90.0 Å². The summed E-state index contributed by atoms with van der Waals surface area (Å²) in [6.45, 7) is 12.2. The van der Waals surface area contributed by atoms with Crippen LogP contribution in [0, 0.1) is 5.92 Å². The molecular weight excluding hydrogens is 785 g/mol. The Bertz CT molecular complexity index is 2210. The first-order chi connectivity index (χ1) is 26.9. The van der Waals surface area contributed by atoms with E-state index in [4.69, 9.17) is 19.4 Å². The fraction of sp³-hybridized carbons (Fsp3) is 0.488. The number of rotatable bonds is 15. The Labute approximate surface area is 343 Å². The van der Waals surface area contributed by atoms with Crippen molar-refractivity contribution < 1.29 is 41.9 Å². The maximum atomic E-state index is 14.6. The van der Waals surface area contributed by atoms with Gasteiger partial charge in [-0.25, -0.2) is 23.2 Å². The maximum absolute atomic E-state index is 14.6. The molecule has 58 heavy (non-hydrogen) atoms. The molecule has 6 rings (SSSR count). The molecule has 3 fully saturated rings. The molecule has 17 heteroatoms. The summed E-state index contributed by atoms with van der Waals surface area (Å²) in [7, 11) is -3.94. The molecule has 1 aliphatic heterocycles. The Hall–Kier alpha value is -5.16. The number of ketones is 1. The number of aromatic nitrogens is 2. The van der Waals surface area contributed by atoms with E-state index in [0.717, 1.165) is 10.5 Å². The van der Waals surface area contributed by atoms with E-state index in [2.05, 4.69) is 21.9 Å². The molecule has 2 aromatic heterocycles. The second kappa shape index (κ2) is 17.4. The molecule has 1 aromatic carbocycles. The quantitative estimate of drug-likeness (QED) is 0.134. The van der Waals surface area contributed by atoms with Gasteiger partial charge in [0.15, 0.2) is 5.78 Å². The Kier molecular flexibility index (Phi) is 13.2. The van der Waals surface area contributed by atoms with Crippen molar-refractivity contribution >= 4 is 62.0 Å². The third kappa shape index (κ3) is 10.3. The Morgan fingerprint density at radius 2 is 1.76 bits per heavy atom. The van der Waals surface area contributed by atoms with E-state index in [1.807, 2.05) is 35.7 Å². The third-order valence-electron chi connectivity index (χ3n) is 9.79. The van der Waals surface area contributed by atoms with Gasteiger partial charge in [0, 0.05) is 18.8 Å². The first-order valence-corrected chi connectivity index (χ1v) is 21.3. The summed E-state index contributed by atoms with van der Waals surface area (Å²) in [5.74, 6) is -2.96. The topological polar surface area (TPSA) is 203 Å². The average molecular weight is 837 g/mol. The number of benzene rings is 1. The minimum atomic E-state index is -3.94. The molecule has 0 radical (unpaired) electrons. The number of sulfonamides is 1. The summed E-state index contributed by atoms with van der Waals surface area (Å²) in [4.78, 5) is 80.1. The monoisotopic (exact) mass is 836 g/mol. The van der Waals surface area contributed by atoms with Crippen LogP contribution < -0.4 is 20.1 Å². The van der Waals surface area contributed by atoms with E-state index in [9.17, 15) is 32.4 Å². The molecule has 0 unspecified atom stereocenters. The van der Waals surface area contributed by atoms with Gasteiger partial charge in [-0.1, -0.05) is 37.3 Å². The number of hydrogen-bond donors (Lipinski definition) is 3. The Morgan fingerprint density at radius 3 is 2.34 bits per heavy atom. The van der Waals surface area contributed by atoms with Gasteiger partial charge in [0.05, 0.1) is 27.7 Å². The molecule has 3 N–H and O–H groups in total. The van der Waals surface area contributed by atoms with Gasteiger partial charge in [-0.15, -0.1) is 17.9 Å². The third-order valence-corrected chi connectivity index (χ3v) is 12.5. The molecule has 3 heterocycles. The van der Waals surface area contributed by atoms with Crippen LogP contribution in [0.5, 0.6) is 5.88 Å². The lowest BCUT2D eigenvalue weighted by Crippen LogP contribution is -2.58. The van der Waals surface area contributed by atoms with Crippen molar-refractivity contribution in [1.29, 1.82) is 0 Å². The van der Waals surface area contributed by atoms with Gasteiger partial charge in [-0.2, -0.15) is 0 Å². The number of alkyl carbamates (subject to hydrolysis) is 1. The SMILES string of the molecule is C.C=C[C@@H]1C[C@]1(NC(=O)[C@@H]1C[C@@H](Oc2nc3ccccc3nc2-c2cccs2)CN1C(=O)[C@H](CCC(=O)C=C(C)C)NC(=O)OC(C)(C)C)C(=O)NS(=O)(=O)C1CC1. The van der Waals surface area contributed by atoms with Crippen molar-refractivity contribution in [2.45, 2.75) is 115 Å². The van der Waals surface area contributed by atoms with E-state index in [-0.39, 0.29) is 51.3 Å². The van der Waals surface area contributed by atoms with E-state index < -0.39 is 74.3 Å². The number of hydrogen-bond acceptors (Lipinski definition) is 12. The molecule has 2 aliphatic carbocycles. The van der Waals surface area contributed by atoms with Crippen LogP contribution in [0.25, 0.3) is 21.6 Å². The van der Waals surface area contributed by atoms with E-state index >= 15 is 0 Å². The zero-order valence-corrected chi connectivity index (χ0v) is 34.2. The summed E-state index contributed by atoms with van der Waals surface area (Å²) in [5.41, 5.74) is -0.0838. The van der Waals surface area contributed by atoms with E-state index in [1.54, 1.807) is 40.7 Å². The van der Waals surface area contributed by atoms with Crippen LogP contribution in [-0.4, -0.2) is 94.0 Å². The number of likely N-dealkylation sites (tertiary alicyclic amines) is 1. The second-order valence-corrected chi connectivity index (χ2v) is 18.8. The zero-order valence-electron chi connectivity index (χ0n) is 32.6. The fourth-order valence-electron chi connectivity index (χ4n) is 6.78. The summed E-state index contributed by atoms with van der Waals surface area (Å²) in [5, 5.41) is 6.59. The van der Waals surface area contributed by atoms with Crippen LogP contribution >= 0.6 is 11.3 Å². The van der Waals surface area contributed by atoms with Crippen LogP contribution in [-0.2, 0) is 33.9 Å². The molecule has 312 valence electrons. The standard InChI is InChI=1S/C40H48N6O9S2.CH4/c1-7-24-21-40(24,37(50)45-57(52,53)27-15-16-27)44-34(48)31-20-26(54-35-33(32-13-10-18-56-32)41-28-11-8-9-12-29(28)42-35)22-46(31)36(49)30(17-14-25(47)19-23(2)3)43-38(51)55-39(4,5)6;/h7-13,18-19,24,26-27,30-31H,1,14-17,20-22H2,2-6H3,(H,43,51)(H,44,48)(H,45,50);1H4/t24-,26-,30+,31+,40-;/m1./s1. The first kappa shape index (κ1) is 44.0. The first-order valence-electron chi connectivity index (χ1n) is 18.8. The van der Waals surface area contributed by atoms with Crippen molar-refractivity contribution in [3.05, 3.63) is 66.1 Å². The van der Waals surface area contributed by atoms with Crippen LogP contribution in [0.1, 0.15) is 80.6 Å². The number of carbonyl (C=O) groups excluding carboxylic acids is 5. The molecule has 0 spiro atoms. The number of allylic oxidation sites excluding steroid dienone is 2. The van der Waals surface area contributed by atoms with Crippen LogP contribution in [0.4, 0.5) is 4.79 Å². The highest BCUT2D eigenvalue weighted by Crippen LogP contribution is 2.45. The molecule has 0 bridgehead atoms. The van der Waals surface area contributed by atoms with Gasteiger partial charge in [0.25, 0.3) is 5.91 Å². The second-order valence-electron chi connectivity index (χ2n) is 15.9. The molecule has 3 aromatic rings. The number of para-hydroxylation sites is 2. The molecule has 4 amide bonds. The molecule has 1 saturated heterocycles. The van der Waals surface area contributed by atoms with Crippen LogP contribution in [0.3, 0.4) is 0 Å². The van der Waals surface area contributed by atoms with Gasteiger partial charge in [-0.3, -0.25) is 23.9 Å². The van der Waals surface area contributed by atoms with Gasteiger partial charge >= 0.3 is 6.09 Å². The largest absolute Gasteiger partial charge is 0.471 e. The zero-order chi connectivity index (χ0) is 41.3. The molecule has 3 aliphatic rings. The number of nitrogens with zero attached hydrogens (tertiary/aromatic N) is 3. The normalized spacial score (nSPS) is 21.8. The van der Waals surface area contributed by atoms with Crippen molar-refractivity contribution in [1.82, 2.24) is 30.2 Å². The van der Waals surface area contributed by atoms with Gasteiger partial charge in [0.2, 0.25) is 27.7 Å². The van der Waals surface area contributed by atoms with Crippen LogP contribution in [0.15, 0.2) is 66.1 Å². The smallest absolute Gasteiger partial charge is 0.408 e. The summed E-state index contributed by atoms with van der Waals surface area (Å²) >= 11 is 1.44. The lowest BCUT2D eigenvalue weighted by molar-refractivity contribution is -0.141. The minimum absolute atomic E-state index is 0. The van der Waals surface area contributed by atoms with Crippen molar-refractivity contribution in [3.8, 4) is 16.5 Å². The fourth-order valence-corrected chi connectivity index (χ4v) is 8.85. The lowest BCUT2D eigenvalue weighted by Gasteiger charge is -2.30. The summed E-state index contributed by atoms with van der Waals surface area (Å²) < 4.78 is 39.6. The molecule has 2 saturated carbocycles. The number of ether oxygens (including phenoxy) is 2. The van der Waals surface area contributed by atoms with Gasteiger partial charge in [0.1, 0.15) is 35.0 Å². The van der Waals surface area contributed by atoms with Crippen molar-refractivity contribution in [2.75, 3.05) is 6.54 Å². The van der Waals surface area contributed by atoms with Crippen LogP contribution in [0.2, 0.25) is 0 Å². The molecular formula is C41H52N6O9S2. The average Bonchev–Trinajstić information content (AvgIpc) is 4.00. The van der Waals surface area contributed by atoms with Gasteiger partial charge < -0.3 is 25.0 Å². The number of thiophene rings is 1. The Balaban J connectivity index is 0.00000641. The number of carbonyl (C=O) groups is 5. The molecule has 5 atom stereocenters. The van der Waals surface area contributed by atoms with Crippen molar-refractivity contribution in [2.24, 2.45) is 5.92 Å². The van der Waals surface area contributed by atoms with E-state index in [1.165, 1.54) is 28.4 Å². The predicted molar refractivity (Wildman–Crippen MR) is 220 cm³/mol. The number of fused-ring (bicyclic) bond motifs is 1. The maximum Gasteiger partial charge on any atom is 0.408 e. The number of nitrogens with one attached hydrogen (secondary N) is 3. The molecule has 15 nitrogen and oxygen atoms in total. The Morgan fingerprint density at radius 1 is 1.07 bits per heavy atom. The highest BCUT2D eigenvalue weighted by molar-refractivity contribution is 7.91. The highest BCUT2D eigenvalue weighted by atomic mass is 32.2. The van der Waals surface area contributed by atoms with E-state index in [0.29, 0.717) is 29.6 Å². The summed E-state index contributed by atoms with van der Waals surface area (Å²) in [6.07, 6.45) is 1.88. The minimum Gasteiger partial charge on any atom is -0.471 e. The van der Waals surface area contributed by atoms with Crippen molar-refractivity contribution in [3.63, 3.8) is 0 Å². The number of amides is 4.